The number of nitrogens with zero attached hydrogens (tertiary/aromatic N) is 4. The van der Waals surface area contributed by atoms with Crippen LogP contribution in [0.15, 0.2) is 33.8 Å². The third kappa shape index (κ3) is 4.64. The molecule has 1 atom stereocenters. The van der Waals surface area contributed by atoms with E-state index in [0.717, 1.165) is 30.5 Å². The van der Waals surface area contributed by atoms with Gasteiger partial charge < -0.3 is 15.2 Å². The number of aromatic nitrogens is 2. The second-order valence-corrected chi connectivity index (χ2v) is 7.94. The smallest absolute Gasteiger partial charge is 0.246 e. The van der Waals surface area contributed by atoms with Crippen LogP contribution in [0.4, 0.5) is 0 Å². The molecule has 0 radical (unpaired) electrons. The predicted octanol–water partition coefficient (Wildman–Crippen LogP) is 3.07. The maximum atomic E-state index is 5.92. The van der Waals surface area contributed by atoms with E-state index in [1.54, 1.807) is 7.05 Å². The van der Waals surface area contributed by atoms with Gasteiger partial charge in [-0.1, -0.05) is 29.6 Å². The van der Waals surface area contributed by atoms with E-state index in [1.165, 1.54) is 32.2 Å². The predicted molar refractivity (Wildman–Crippen MR) is 110 cm³/mol. The van der Waals surface area contributed by atoms with E-state index in [2.05, 4.69) is 30.7 Å². The fourth-order valence-corrected chi connectivity index (χ4v) is 4.22. The van der Waals surface area contributed by atoms with Gasteiger partial charge in [0.15, 0.2) is 5.96 Å². The summed E-state index contributed by atoms with van der Waals surface area (Å²) in [4.78, 5) is 11.4. The molecule has 7 nitrogen and oxygen atoms in total. The number of guanidine groups is 1. The maximum absolute atomic E-state index is 5.92. The normalized spacial score (nSPS) is 21.4. The van der Waals surface area contributed by atoms with Gasteiger partial charge in [-0.15, -0.1) is 0 Å². The van der Waals surface area contributed by atoms with E-state index >= 15 is 0 Å². The SMILES string of the molecule is CN=C(NCc1nc(-c2ccc(Cl)cc2)no1)NC1CCN(C2CCCC2)C1. The van der Waals surface area contributed by atoms with Gasteiger partial charge in [0.2, 0.25) is 11.7 Å². The van der Waals surface area contributed by atoms with Crippen molar-refractivity contribution in [1.29, 1.82) is 0 Å². The Labute approximate surface area is 170 Å². The zero-order valence-electron chi connectivity index (χ0n) is 16.2. The Morgan fingerprint density at radius 1 is 1.25 bits per heavy atom. The second-order valence-electron chi connectivity index (χ2n) is 7.51. The Morgan fingerprint density at radius 2 is 2.04 bits per heavy atom. The highest BCUT2D eigenvalue weighted by Gasteiger charge is 2.30. The van der Waals surface area contributed by atoms with E-state index in [0.29, 0.717) is 29.3 Å². The van der Waals surface area contributed by atoms with Crippen LogP contribution in [0.1, 0.15) is 38.0 Å². The minimum Gasteiger partial charge on any atom is -0.352 e. The van der Waals surface area contributed by atoms with Crippen LogP contribution in [0.25, 0.3) is 11.4 Å². The van der Waals surface area contributed by atoms with Crippen LogP contribution in [0.5, 0.6) is 0 Å². The Balaban J connectivity index is 1.27. The van der Waals surface area contributed by atoms with Gasteiger partial charge in [-0.05, 0) is 43.5 Å². The summed E-state index contributed by atoms with van der Waals surface area (Å²) < 4.78 is 5.35. The molecule has 2 aromatic rings. The lowest BCUT2D eigenvalue weighted by Crippen LogP contribution is -2.45. The van der Waals surface area contributed by atoms with Crippen molar-refractivity contribution in [3.05, 3.63) is 35.2 Å². The first-order chi connectivity index (χ1) is 13.7. The molecular weight excluding hydrogens is 376 g/mol. The van der Waals surface area contributed by atoms with Crippen LogP contribution >= 0.6 is 11.6 Å². The molecule has 1 unspecified atom stereocenters. The molecule has 150 valence electrons. The number of rotatable bonds is 5. The van der Waals surface area contributed by atoms with Crippen molar-refractivity contribution in [2.75, 3.05) is 20.1 Å². The van der Waals surface area contributed by atoms with Crippen LogP contribution in [0.2, 0.25) is 5.02 Å². The highest BCUT2D eigenvalue weighted by molar-refractivity contribution is 6.30. The third-order valence-electron chi connectivity index (χ3n) is 5.60. The summed E-state index contributed by atoms with van der Waals surface area (Å²) in [5.74, 6) is 1.84. The maximum Gasteiger partial charge on any atom is 0.246 e. The molecule has 2 fully saturated rings. The van der Waals surface area contributed by atoms with Gasteiger partial charge in [-0.3, -0.25) is 9.89 Å². The number of likely N-dealkylation sites (tertiary alicyclic amines) is 1. The van der Waals surface area contributed by atoms with Crippen LogP contribution in [0.3, 0.4) is 0 Å². The Bertz CT molecular complexity index is 799. The minimum absolute atomic E-state index is 0.430. The molecule has 2 aliphatic rings. The van der Waals surface area contributed by atoms with Crippen molar-refractivity contribution in [2.24, 2.45) is 4.99 Å². The Morgan fingerprint density at radius 3 is 2.79 bits per heavy atom. The lowest BCUT2D eigenvalue weighted by molar-refractivity contribution is 0.242. The fourth-order valence-electron chi connectivity index (χ4n) is 4.10. The van der Waals surface area contributed by atoms with Crippen molar-refractivity contribution in [3.8, 4) is 11.4 Å². The van der Waals surface area contributed by atoms with Crippen molar-refractivity contribution >= 4 is 17.6 Å². The average molecular weight is 403 g/mol. The second kappa shape index (κ2) is 8.92. The van der Waals surface area contributed by atoms with Crippen molar-refractivity contribution in [2.45, 2.75) is 50.7 Å². The molecule has 1 aliphatic heterocycles. The topological polar surface area (TPSA) is 78.6 Å². The van der Waals surface area contributed by atoms with E-state index in [1.807, 2.05) is 24.3 Å². The number of halogens is 1. The van der Waals surface area contributed by atoms with E-state index < -0.39 is 0 Å². The zero-order valence-corrected chi connectivity index (χ0v) is 17.0. The number of nitrogens with one attached hydrogen (secondary N) is 2. The van der Waals surface area contributed by atoms with Crippen molar-refractivity contribution < 1.29 is 4.52 Å². The molecule has 0 spiro atoms. The summed E-state index contributed by atoms with van der Waals surface area (Å²) in [5, 5.41) is 11.5. The van der Waals surface area contributed by atoms with E-state index in [9.17, 15) is 0 Å². The summed E-state index contributed by atoms with van der Waals surface area (Å²) in [6.45, 7) is 2.69. The Hall–Kier alpha value is -2.12. The first-order valence-corrected chi connectivity index (χ1v) is 10.4. The molecule has 4 rings (SSSR count). The molecule has 1 aromatic heterocycles. The molecular formula is C20H27ClN6O. The Kier molecular flexibility index (Phi) is 6.12. The van der Waals surface area contributed by atoms with Crippen molar-refractivity contribution in [3.63, 3.8) is 0 Å². The highest BCUT2D eigenvalue weighted by atomic mass is 35.5. The molecule has 2 heterocycles. The zero-order chi connectivity index (χ0) is 19.3. The van der Waals surface area contributed by atoms with Gasteiger partial charge in [0.05, 0.1) is 6.54 Å². The van der Waals surface area contributed by atoms with Gasteiger partial charge in [-0.25, -0.2) is 0 Å². The summed E-state index contributed by atoms with van der Waals surface area (Å²) in [5.41, 5.74) is 0.875. The first kappa shape index (κ1) is 19.2. The number of hydrogen-bond donors (Lipinski definition) is 2. The molecule has 28 heavy (non-hydrogen) atoms. The van der Waals surface area contributed by atoms with Gasteiger partial charge in [0.25, 0.3) is 0 Å². The van der Waals surface area contributed by atoms with Crippen LogP contribution in [0, 0.1) is 0 Å². The quantitative estimate of drug-likeness (QED) is 0.591. The minimum atomic E-state index is 0.430. The molecule has 1 aromatic carbocycles. The lowest BCUT2D eigenvalue weighted by Gasteiger charge is -2.24. The standard InChI is InChI=1S/C20H27ClN6O/c1-22-20(24-16-10-11-27(13-16)17-4-2-3-5-17)23-12-18-25-19(26-28-18)14-6-8-15(21)9-7-14/h6-9,16-17H,2-5,10-13H2,1H3,(H2,22,23,24). The number of hydrogen-bond acceptors (Lipinski definition) is 5. The third-order valence-corrected chi connectivity index (χ3v) is 5.85. The number of benzene rings is 1. The summed E-state index contributed by atoms with van der Waals surface area (Å²) >= 11 is 5.92. The van der Waals surface area contributed by atoms with Crippen LogP contribution < -0.4 is 10.6 Å². The average Bonchev–Trinajstić information content (AvgIpc) is 3.47. The summed E-state index contributed by atoms with van der Waals surface area (Å²) in [6, 6.07) is 8.59. The first-order valence-electron chi connectivity index (χ1n) is 10.0. The monoisotopic (exact) mass is 402 g/mol. The summed E-state index contributed by atoms with van der Waals surface area (Å²) in [7, 11) is 1.78. The van der Waals surface area contributed by atoms with Gasteiger partial charge in [-0.2, -0.15) is 4.98 Å². The largest absolute Gasteiger partial charge is 0.352 e. The highest BCUT2D eigenvalue weighted by Crippen LogP contribution is 2.26. The molecule has 1 saturated heterocycles. The molecule has 8 heteroatoms. The molecule has 1 saturated carbocycles. The van der Waals surface area contributed by atoms with Gasteiger partial charge in [0, 0.05) is 42.8 Å². The van der Waals surface area contributed by atoms with Crippen molar-refractivity contribution in [1.82, 2.24) is 25.7 Å². The van der Waals surface area contributed by atoms with Crippen LogP contribution in [-0.2, 0) is 6.54 Å². The molecule has 0 amide bonds. The fraction of sp³-hybridized carbons (Fsp3) is 0.550. The van der Waals surface area contributed by atoms with E-state index in [-0.39, 0.29) is 0 Å². The van der Waals surface area contributed by atoms with E-state index in [4.69, 9.17) is 16.1 Å². The van der Waals surface area contributed by atoms with Gasteiger partial charge >= 0.3 is 0 Å². The lowest BCUT2D eigenvalue weighted by atomic mass is 10.2. The number of aliphatic imine (C=N–C) groups is 1. The summed E-state index contributed by atoms with van der Waals surface area (Å²) in [6.07, 6.45) is 6.62. The van der Waals surface area contributed by atoms with Gasteiger partial charge in [0.1, 0.15) is 0 Å². The molecule has 1 aliphatic carbocycles. The molecule has 0 bridgehead atoms. The van der Waals surface area contributed by atoms with Crippen LogP contribution in [-0.4, -0.2) is 53.2 Å². The molecule has 2 N–H and O–H groups in total.